The van der Waals surface area contributed by atoms with Gasteiger partial charge in [0.05, 0.1) is 5.69 Å². The van der Waals surface area contributed by atoms with Crippen LogP contribution in [0.3, 0.4) is 0 Å². The molecule has 17 heavy (non-hydrogen) atoms. The SMILES string of the molecule is O=C(O)CS(=O)(=O)Nc1cc(F)c(F)cc1F. The van der Waals surface area contributed by atoms with Crippen molar-refractivity contribution in [1.29, 1.82) is 0 Å². The van der Waals surface area contributed by atoms with E-state index in [1.807, 2.05) is 0 Å². The molecule has 94 valence electrons. The standard InChI is InChI=1S/C8H6F3NO4S/c9-4-1-6(11)7(2-5(4)10)12-17(15,16)3-8(13)14/h1-2,12H,3H2,(H,13,14). The summed E-state index contributed by atoms with van der Waals surface area (Å²) in [5.41, 5.74) is -0.856. The van der Waals surface area contributed by atoms with Gasteiger partial charge in [-0.1, -0.05) is 0 Å². The summed E-state index contributed by atoms with van der Waals surface area (Å²) in [6.45, 7) is 0. The van der Waals surface area contributed by atoms with Gasteiger partial charge in [0.1, 0.15) is 5.82 Å². The molecule has 0 bridgehead atoms. The molecule has 1 aromatic carbocycles. The topological polar surface area (TPSA) is 83.5 Å². The van der Waals surface area contributed by atoms with E-state index in [9.17, 15) is 26.4 Å². The first kappa shape index (κ1) is 13.3. The fraction of sp³-hybridized carbons (Fsp3) is 0.125. The van der Waals surface area contributed by atoms with Crippen molar-refractivity contribution in [2.24, 2.45) is 0 Å². The normalized spacial score (nSPS) is 11.2. The van der Waals surface area contributed by atoms with Crippen molar-refractivity contribution < 1.29 is 31.5 Å². The Bertz CT molecular complexity index is 558. The number of hydrogen-bond acceptors (Lipinski definition) is 3. The van der Waals surface area contributed by atoms with Crippen molar-refractivity contribution in [3.63, 3.8) is 0 Å². The molecule has 0 saturated heterocycles. The molecule has 0 aliphatic heterocycles. The predicted octanol–water partition coefficient (Wildman–Crippen LogP) is 0.930. The van der Waals surface area contributed by atoms with Gasteiger partial charge in [-0.2, -0.15) is 0 Å². The van der Waals surface area contributed by atoms with Crippen molar-refractivity contribution >= 4 is 21.7 Å². The molecule has 0 amide bonds. The maximum absolute atomic E-state index is 13.0. The number of aliphatic carboxylic acids is 1. The van der Waals surface area contributed by atoms with Gasteiger partial charge in [-0.3, -0.25) is 9.52 Å². The van der Waals surface area contributed by atoms with E-state index in [0.717, 1.165) is 0 Å². The van der Waals surface area contributed by atoms with Crippen LogP contribution in [0.15, 0.2) is 12.1 Å². The first-order chi connectivity index (χ1) is 7.71. The first-order valence-electron chi connectivity index (χ1n) is 4.08. The molecule has 0 saturated carbocycles. The second-order valence-corrected chi connectivity index (χ2v) is 4.72. The first-order valence-corrected chi connectivity index (χ1v) is 5.73. The molecule has 0 aliphatic carbocycles. The minimum atomic E-state index is -4.36. The Morgan fingerprint density at radius 2 is 1.71 bits per heavy atom. The number of carbonyl (C=O) groups is 1. The van der Waals surface area contributed by atoms with Crippen LogP contribution < -0.4 is 4.72 Å². The van der Waals surface area contributed by atoms with Crippen LogP contribution in [-0.4, -0.2) is 25.2 Å². The molecule has 5 nitrogen and oxygen atoms in total. The molecule has 0 aromatic heterocycles. The predicted molar refractivity (Wildman–Crippen MR) is 51.4 cm³/mol. The van der Waals surface area contributed by atoms with E-state index in [1.165, 1.54) is 4.72 Å². The zero-order valence-corrected chi connectivity index (χ0v) is 8.89. The Hall–Kier alpha value is -1.77. The summed E-state index contributed by atoms with van der Waals surface area (Å²) < 4.78 is 61.9. The molecule has 1 aromatic rings. The average molecular weight is 269 g/mol. The molecular formula is C8H6F3NO4S. The highest BCUT2D eigenvalue weighted by molar-refractivity contribution is 7.93. The van der Waals surface area contributed by atoms with E-state index in [2.05, 4.69) is 0 Å². The monoisotopic (exact) mass is 269 g/mol. The highest BCUT2D eigenvalue weighted by Crippen LogP contribution is 2.19. The van der Waals surface area contributed by atoms with Gasteiger partial charge in [0, 0.05) is 12.1 Å². The number of halogens is 3. The fourth-order valence-electron chi connectivity index (χ4n) is 0.967. The second kappa shape index (κ2) is 4.62. The van der Waals surface area contributed by atoms with Gasteiger partial charge in [-0.25, -0.2) is 21.6 Å². The third kappa shape index (κ3) is 3.63. The molecule has 0 spiro atoms. The molecule has 0 unspecified atom stereocenters. The number of rotatable bonds is 4. The van der Waals surface area contributed by atoms with Gasteiger partial charge >= 0.3 is 5.97 Å². The van der Waals surface area contributed by atoms with Crippen molar-refractivity contribution in [1.82, 2.24) is 0 Å². The quantitative estimate of drug-likeness (QED) is 0.796. The van der Waals surface area contributed by atoms with E-state index in [0.29, 0.717) is 0 Å². The third-order valence-electron chi connectivity index (χ3n) is 1.59. The maximum atomic E-state index is 13.0. The van der Waals surface area contributed by atoms with E-state index < -0.39 is 44.9 Å². The summed E-state index contributed by atoms with van der Waals surface area (Å²) in [6.07, 6.45) is 0. The van der Waals surface area contributed by atoms with Gasteiger partial charge in [-0.05, 0) is 0 Å². The number of nitrogens with one attached hydrogen (secondary N) is 1. The fourth-order valence-corrected chi connectivity index (χ4v) is 1.86. The Morgan fingerprint density at radius 1 is 1.18 bits per heavy atom. The Morgan fingerprint density at radius 3 is 2.24 bits per heavy atom. The number of hydrogen-bond donors (Lipinski definition) is 2. The Labute approximate surface area is 93.9 Å². The van der Waals surface area contributed by atoms with E-state index in [1.54, 1.807) is 0 Å². The summed E-state index contributed by atoms with van der Waals surface area (Å²) >= 11 is 0. The number of anilines is 1. The molecule has 0 atom stereocenters. The maximum Gasteiger partial charge on any atom is 0.320 e. The van der Waals surface area contributed by atoms with Crippen LogP contribution in [-0.2, 0) is 14.8 Å². The van der Waals surface area contributed by atoms with Crippen molar-refractivity contribution in [3.8, 4) is 0 Å². The van der Waals surface area contributed by atoms with Crippen molar-refractivity contribution in [2.45, 2.75) is 0 Å². The highest BCUT2D eigenvalue weighted by Gasteiger charge is 2.19. The van der Waals surface area contributed by atoms with Crippen LogP contribution in [0, 0.1) is 17.5 Å². The summed E-state index contributed by atoms with van der Waals surface area (Å²) in [4.78, 5) is 10.2. The van der Waals surface area contributed by atoms with Crippen LogP contribution >= 0.6 is 0 Å². The minimum Gasteiger partial charge on any atom is -0.480 e. The summed E-state index contributed by atoms with van der Waals surface area (Å²) in [5.74, 6) is -7.27. The number of benzene rings is 1. The summed E-state index contributed by atoms with van der Waals surface area (Å²) in [7, 11) is -4.36. The van der Waals surface area contributed by atoms with Gasteiger partial charge in [0.25, 0.3) is 0 Å². The van der Waals surface area contributed by atoms with E-state index >= 15 is 0 Å². The van der Waals surface area contributed by atoms with Crippen LogP contribution in [0.2, 0.25) is 0 Å². The Balaban J connectivity index is 3.04. The zero-order valence-electron chi connectivity index (χ0n) is 8.08. The van der Waals surface area contributed by atoms with Crippen LogP contribution in [0.5, 0.6) is 0 Å². The number of sulfonamides is 1. The lowest BCUT2D eigenvalue weighted by Gasteiger charge is -2.07. The van der Waals surface area contributed by atoms with Crippen LogP contribution in [0.4, 0.5) is 18.9 Å². The largest absolute Gasteiger partial charge is 0.480 e. The molecule has 0 radical (unpaired) electrons. The second-order valence-electron chi connectivity index (χ2n) is 3.00. The smallest absolute Gasteiger partial charge is 0.320 e. The van der Waals surface area contributed by atoms with Crippen LogP contribution in [0.1, 0.15) is 0 Å². The van der Waals surface area contributed by atoms with Gasteiger partial charge in [0.15, 0.2) is 17.4 Å². The molecule has 0 fully saturated rings. The molecule has 9 heteroatoms. The van der Waals surface area contributed by atoms with Gasteiger partial charge in [0.2, 0.25) is 10.0 Å². The molecular weight excluding hydrogens is 263 g/mol. The van der Waals surface area contributed by atoms with E-state index in [-0.39, 0.29) is 12.1 Å². The lowest BCUT2D eigenvalue weighted by molar-refractivity contribution is -0.134. The minimum absolute atomic E-state index is 0.147. The van der Waals surface area contributed by atoms with Gasteiger partial charge in [-0.15, -0.1) is 0 Å². The zero-order chi connectivity index (χ0) is 13.2. The molecule has 0 heterocycles. The highest BCUT2D eigenvalue weighted by atomic mass is 32.2. The molecule has 2 N–H and O–H groups in total. The summed E-state index contributed by atoms with van der Waals surface area (Å²) in [5, 5.41) is 8.25. The lowest BCUT2D eigenvalue weighted by Crippen LogP contribution is -2.23. The number of carboxylic acid groups (broad SMARTS) is 1. The van der Waals surface area contributed by atoms with Crippen LogP contribution in [0.25, 0.3) is 0 Å². The summed E-state index contributed by atoms with van der Waals surface area (Å²) in [6, 6.07) is 0.429. The van der Waals surface area contributed by atoms with Crippen molar-refractivity contribution in [2.75, 3.05) is 10.5 Å². The average Bonchev–Trinajstić information content (AvgIpc) is 2.11. The molecule has 1 rings (SSSR count). The molecule has 0 aliphatic rings. The van der Waals surface area contributed by atoms with E-state index in [4.69, 9.17) is 5.11 Å². The van der Waals surface area contributed by atoms with Gasteiger partial charge < -0.3 is 5.11 Å². The van der Waals surface area contributed by atoms with Crippen molar-refractivity contribution in [3.05, 3.63) is 29.6 Å². The third-order valence-corrected chi connectivity index (χ3v) is 2.75. The lowest BCUT2D eigenvalue weighted by atomic mass is 10.3. The number of carboxylic acids is 1. The Kier molecular flexibility index (Phi) is 3.61.